The molecule has 0 aromatic carbocycles. The Bertz CT molecular complexity index is 1230. The summed E-state index contributed by atoms with van der Waals surface area (Å²) in [6, 6.07) is 1.85. The Morgan fingerprint density at radius 1 is 1.17 bits per heavy atom. The van der Waals surface area contributed by atoms with Crippen molar-refractivity contribution in [2.45, 2.75) is 90.8 Å². The highest BCUT2D eigenvalue weighted by Gasteiger charge is 2.47. The molecule has 2 N–H and O–H groups in total. The summed E-state index contributed by atoms with van der Waals surface area (Å²) in [4.78, 5) is 32.1. The van der Waals surface area contributed by atoms with Gasteiger partial charge in [-0.15, -0.1) is 0 Å². The number of nitriles is 1. The van der Waals surface area contributed by atoms with Crippen LogP contribution in [-0.2, 0) is 35.4 Å². The zero-order valence-corrected chi connectivity index (χ0v) is 21.2. The number of piperazine rings is 1. The predicted octanol–water partition coefficient (Wildman–Crippen LogP) is 2.04. The Labute approximate surface area is 206 Å². The summed E-state index contributed by atoms with van der Waals surface area (Å²) in [6.45, 7) is 10.4. The maximum Gasteiger partial charge on any atom is 0.246 e. The van der Waals surface area contributed by atoms with Gasteiger partial charge in [0.05, 0.1) is 11.4 Å². The molecule has 2 aromatic heterocycles. The minimum Gasteiger partial charge on any atom is -0.343 e. The largest absolute Gasteiger partial charge is 0.343 e. The van der Waals surface area contributed by atoms with E-state index in [1.807, 2.05) is 4.52 Å². The number of hydrogen-bond acceptors (Lipinski definition) is 6. The van der Waals surface area contributed by atoms with E-state index in [1.54, 1.807) is 6.92 Å². The van der Waals surface area contributed by atoms with Crippen molar-refractivity contribution in [1.82, 2.24) is 30.1 Å². The molecule has 9 heteroatoms. The second-order valence-electron chi connectivity index (χ2n) is 11.6. The summed E-state index contributed by atoms with van der Waals surface area (Å²) in [5.41, 5.74) is 4.88. The first-order valence-corrected chi connectivity index (χ1v) is 12.8. The van der Waals surface area contributed by atoms with Crippen molar-refractivity contribution in [2.75, 3.05) is 13.1 Å². The molecule has 9 nitrogen and oxygen atoms in total. The zero-order chi connectivity index (χ0) is 25.0. The first-order chi connectivity index (χ1) is 16.6. The van der Waals surface area contributed by atoms with Crippen LogP contribution in [0.15, 0.2) is 0 Å². The van der Waals surface area contributed by atoms with Gasteiger partial charge in [0, 0.05) is 30.8 Å². The molecule has 4 heterocycles. The summed E-state index contributed by atoms with van der Waals surface area (Å²) in [7, 11) is 0. The zero-order valence-electron chi connectivity index (χ0n) is 21.2. The monoisotopic (exact) mass is 477 g/mol. The molecule has 0 radical (unpaired) electrons. The van der Waals surface area contributed by atoms with E-state index in [2.05, 4.69) is 42.4 Å². The molecule has 2 aromatic rings. The predicted molar refractivity (Wildman–Crippen MR) is 130 cm³/mol. The number of aromatic nitrogens is 3. The lowest BCUT2D eigenvalue weighted by atomic mass is 9.84. The Hall–Kier alpha value is -2.99. The van der Waals surface area contributed by atoms with Crippen LogP contribution in [0.1, 0.15) is 81.6 Å². The van der Waals surface area contributed by atoms with E-state index in [1.165, 1.54) is 0 Å². The molecule has 0 bridgehead atoms. The van der Waals surface area contributed by atoms with Gasteiger partial charge in [-0.1, -0.05) is 20.8 Å². The first-order valence-electron chi connectivity index (χ1n) is 12.8. The van der Waals surface area contributed by atoms with Crippen LogP contribution < -0.4 is 10.6 Å². The molecule has 3 aliphatic rings. The average Bonchev–Trinajstić information content (AvgIpc) is 3.14. The van der Waals surface area contributed by atoms with Crippen LogP contribution >= 0.6 is 0 Å². The fourth-order valence-electron chi connectivity index (χ4n) is 5.73. The third-order valence-electron chi connectivity index (χ3n) is 7.67. The SMILES string of the molecule is CC1NC(=O)C2(CCN(Cc3nn4c5c(c(C#N)nc4c3CC(C)(C)C)CCCC5)CC2)NC1=O. The third-order valence-corrected chi connectivity index (χ3v) is 7.67. The van der Waals surface area contributed by atoms with Crippen molar-refractivity contribution in [3.8, 4) is 6.07 Å². The minimum atomic E-state index is -0.810. The molecule has 1 unspecified atom stereocenters. The molecular formula is C26H35N7O2. The van der Waals surface area contributed by atoms with Crippen LogP contribution in [0.5, 0.6) is 0 Å². The van der Waals surface area contributed by atoms with Crippen molar-refractivity contribution in [3.05, 3.63) is 28.2 Å². The van der Waals surface area contributed by atoms with E-state index in [4.69, 9.17) is 10.1 Å². The number of piperidine rings is 1. The quantitative estimate of drug-likeness (QED) is 0.699. The number of nitrogens with zero attached hydrogens (tertiary/aromatic N) is 5. The van der Waals surface area contributed by atoms with Crippen molar-refractivity contribution in [1.29, 1.82) is 5.26 Å². The number of aryl methyl sites for hydroxylation is 1. The van der Waals surface area contributed by atoms with Crippen LogP contribution in [0.3, 0.4) is 0 Å². The minimum absolute atomic E-state index is 0.0375. The summed E-state index contributed by atoms with van der Waals surface area (Å²) in [5.74, 6) is -0.194. The highest BCUT2D eigenvalue weighted by molar-refractivity contribution is 5.99. The molecule has 2 amide bonds. The van der Waals surface area contributed by atoms with Gasteiger partial charge >= 0.3 is 0 Å². The van der Waals surface area contributed by atoms with E-state index in [-0.39, 0.29) is 17.2 Å². The van der Waals surface area contributed by atoms with Crippen LogP contribution in [0, 0.1) is 16.7 Å². The molecule has 5 rings (SSSR count). The molecule has 2 saturated heterocycles. The number of likely N-dealkylation sites (tertiary alicyclic amines) is 1. The lowest BCUT2D eigenvalue weighted by Crippen LogP contribution is -2.71. The number of carbonyl (C=O) groups excluding carboxylic acids is 2. The first kappa shape index (κ1) is 23.7. The van der Waals surface area contributed by atoms with Gasteiger partial charge < -0.3 is 10.6 Å². The van der Waals surface area contributed by atoms with E-state index in [0.717, 1.165) is 60.3 Å². The lowest BCUT2D eigenvalue weighted by molar-refractivity contribution is -0.143. The van der Waals surface area contributed by atoms with E-state index in [9.17, 15) is 14.9 Å². The molecule has 2 aliphatic heterocycles. The molecule has 35 heavy (non-hydrogen) atoms. The normalized spacial score (nSPS) is 22.5. The number of carbonyl (C=O) groups is 2. The molecular weight excluding hydrogens is 442 g/mol. The number of hydrogen-bond donors (Lipinski definition) is 2. The van der Waals surface area contributed by atoms with E-state index >= 15 is 0 Å². The molecule has 1 aliphatic carbocycles. The average molecular weight is 478 g/mol. The van der Waals surface area contributed by atoms with E-state index < -0.39 is 11.6 Å². The molecule has 1 atom stereocenters. The summed E-state index contributed by atoms with van der Waals surface area (Å²) in [5, 5.41) is 20.7. The fourth-order valence-corrected chi connectivity index (χ4v) is 5.73. The molecule has 2 fully saturated rings. The second kappa shape index (κ2) is 8.59. The van der Waals surface area contributed by atoms with Gasteiger partial charge in [0.15, 0.2) is 5.65 Å². The maximum atomic E-state index is 12.7. The Kier molecular flexibility index (Phi) is 5.83. The maximum absolute atomic E-state index is 12.7. The fraction of sp³-hybridized carbons (Fsp3) is 0.654. The number of amides is 2. The Balaban J connectivity index is 1.45. The van der Waals surface area contributed by atoms with Gasteiger partial charge in [0.1, 0.15) is 23.3 Å². The van der Waals surface area contributed by atoms with Crippen molar-refractivity contribution in [2.24, 2.45) is 5.41 Å². The van der Waals surface area contributed by atoms with Gasteiger partial charge in [-0.05, 0) is 57.3 Å². The van der Waals surface area contributed by atoms with Crippen molar-refractivity contribution in [3.63, 3.8) is 0 Å². The number of rotatable bonds is 3. The summed E-state index contributed by atoms with van der Waals surface area (Å²) < 4.78 is 2.01. The number of nitrogens with one attached hydrogen (secondary N) is 2. The molecule has 1 spiro atoms. The Morgan fingerprint density at radius 3 is 2.57 bits per heavy atom. The number of fused-ring (bicyclic) bond motifs is 3. The van der Waals surface area contributed by atoms with Gasteiger partial charge in [0.2, 0.25) is 11.8 Å². The Morgan fingerprint density at radius 2 is 1.89 bits per heavy atom. The van der Waals surface area contributed by atoms with Crippen LogP contribution in [0.4, 0.5) is 0 Å². The topological polar surface area (TPSA) is 115 Å². The van der Waals surface area contributed by atoms with Crippen molar-refractivity contribution >= 4 is 17.5 Å². The van der Waals surface area contributed by atoms with Gasteiger partial charge in [-0.3, -0.25) is 14.5 Å². The molecule has 0 saturated carbocycles. The smallest absolute Gasteiger partial charge is 0.246 e. The van der Waals surface area contributed by atoms with Crippen LogP contribution in [-0.4, -0.2) is 56.0 Å². The highest BCUT2D eigenvalue weighted by atomic mass is 16.2. The van der Waals surface area contributed by atoms with E-state index in [0.29, 0.717) is 38.2 Å². The standard InChI is InChI=1S/C26H35N7O2/c1-16-23(34)30-26(24(35)28-16)9-11-32(12-10-26)15-20-18(13-25(2,3)4)22-29-19(14-27)17-7-5-6-8-21(17)33(22)31-20/h16H,5-13,15H2,1-4H3,(H,28,35)(H,30,34). The van der Waals surface area contributed by atoms with Crippen LogP contribution in [0.25, 0.3) is 5.65 Å². The summed E-state index contributed by atoms with van der Waals surface area (Å²) in [6.07, 6.45) is 5.94. The lowest BCUT2D eigenvalue weighted by Gasteiger charge is -2.44. The van der Waals surface area contributed by atoms with Crippen molar-refractivity contribution < 1.29 is 9.59 Å². The summed E-state index contributed by atoms with van der Waals surface area (Å²) >= 11 is 0. The third kappa shape index (κ3) is 4.29. The van der Waals surface area contributed by atoms with Gasteiger partial charge in [-0.25, -0.2) is 9.50 Å². The van der Waals surface area contributed by atoms with Gasteiger partial charge in [0.25, 0.3) is 0 Å². The van der Waals surface area contributed by atoms with Crippen LogP contribution in [0.2, 0.25) is 0 Å². The van der Waals surface area contributed by atoms with Gasteiger partial charge in [-0.2, -0.15) is 10.4 Å². The molecule has 186 valence electrons. The highest BCUT2D eigenvalue weighted by Crippen LogP contribution is 2.32. The second-order valence-corrected chi connectivity index (χ2v) is 11.6.